The zero-order chi connectivity index (χ0) is 25.6. The predicted molar refractivity (Wildman–Crippen MR) is 148 cm³/mol. The largest absolute Gasteiger partial charge is 0.496 e. The lowest BCUT2D eigenvalue weighted by Gasteiger charge is -2.11. The minimum absolute atomic E-state index is 0.113. The Labute approximate surface area is 220 Å². The second kappa shape index (κ2) is 11.3. The summed E-state index contributed by atoms with van der Waals surface area (Å²) < 4.78 is 7.60. The Bertz CT molecular complexity index is 1530. The van der Waals surface area contributed by atoms with Gasteiger partial charge in [0, 0.05) is 29.6 Å². The van der Waals surface area contributed by atoms with Crippen LogP contribution in [0.4, 0.5) is 0 Å². The number of pyridine rings is 1. The van der Waals surface area contributed by atoms with Crippen molar-refractivity contribution in [3.8, 4) is 5.75 Å². The van der Waals surface area contributed by atoms with Gasteiger partial charge in [0.1, 0.15) is 5.75 Å². The summed E-state index contributed by atoms with van der Waals surface area (Å²) in [4.78, 5) is 21.9. The van der Waals surface area contributed by atoms with E-state index in [-0.39, 0.29) is 5.91 Å². The standard InChI is InChI=1S/C30H28N4O2S/c1-21-7-3-4-9-25(21)19-34-27-18-31-16-15-26(27)33-30(34)37-20-22-11-13-23(14-12-22)29(35)32-17-24-8-5-6-10-28(24)36-2/h3-16,18H,17,19-20H2,1-2H3,(H,32,35). The van der Waals surface area contributed by atoms with Crippen molar-refractivity contribution in [2.75, 3.05) is 7.11 Å². The van der Waals surface area contributed by atoms with Crippen LogP contribution in [-0.2, 0) is 18.8 Å². The van der Waals surface area contributed by atoms with Crippen LogP contribution in [0.15, 0.2) is 96.4 Å². The molecule has 5 rings (SSSR count). The molecule has 7 heteroatoms. The fourth-order valence-electron chi connectivity index (χ4n) is 4.20. The van der Waals surface area contributed by atoms with Gasteiger partial charge in [-0.2, -0.15) is 0 Å². The van der Waals surface area contributed by atoms with Crippen molar-refractivity contribution in [3.63, 3.8) is 0 Å². The third kappa shape index (κ3) is 5.67. The Morgan fingerprint density at radius 3 is 2.51 bits per heavy atom. The molecule has 0 atom stereocenters. The fourth-order valence-corrected chi connectivity index (χ4v) is 5.17. The van der Waals surface area contributed by atoms with Gasteiger partial charge in [0.15, 0.2) is 5.16 Å². The smallest absolute Gasteiger partial charge is 0.251 e. The van der Waals surface area contributed by atoms with Crippen LogP contribution in [0.3, 0.4) is 0 Å². The van der Waals surface area contributed by atoms with Crippen molar-refractivity contribution >= 4 is 28.7 Å². The molecule has 6 nitrogen and oxygen atoms in total. The Kier molecular flexibility index (Phi) is 7.51. The lowest BCUT2D eigenvalue weighted by molar-refractivity contribution is 0.0950. The molecule has 37 heavy (non-hydrogen) atoms. The quantitative estimate of drug-likeness (QED) is 0.247. The number of imidazole rings is 1. The van der Waals surface area contributed by atoms with Crippen LogP contribution in [0.1, 0.15) is 32.6 Å². The lowest BCUT2D eigenvalue weighted by atomic mass is 10.1. The number of methoxy groups -OCH3 is 1. The number of carbonyl (C=O) groups excluding carboxylic acids is 1. The van der Waals surface area contributed by atoms with Gasteiger partial charge >= 0.3 is 0 Å². The van der Waals surface area contributed by atoms with E-state index in [1.807, 2.05) is 60.8 Å². The van der Waals surface area contributed by atoms with Crippen LogP contribution < -0.4 is 10.1 Å². The number of nitrogens with one attached hydrogen (secondary N) is 1. The highest BCUT2D eigenvalue weighted by atomic mass is 32.2. The highest BCUT2D eigenvalue weighted by Crippen LogP contribution is 2.28. The number of nitrogens with zero attached hydrogens (tertiary/aromatic N) is 3. The van der Waals surface area contributed by atoms with Gasteiger partial charge in [0.2, 0.25) is 0 Å². The van der Waals surface area contributed by atoms with E-state index in [1.54, 1.807) is 25.1 Å². The number of fused-ring (bicyclic) bond motifs is 1. The highest BCUT2D eigenvalue weighted by Gasteiger charge is 2.14. The molecule has 2 heterocycles. The van der Waals surface area contributed by atoms with Crippen molar-refractivity contribution in [2.24, 2.45) is 0 Å². The summed E-state index contributed by atoms with van der Waals surface area (Å²) in [5, 5.41) is 3.92. The molecule has 0 spiro atoms. The van der Waals surface area contributed by atoms with Gasteiger partial charge in [-0.05, 0) is 47.9 Å². The SMILES string of the molecule is COc1ccccc1CNC(=O)c1ccc(CSc2nc3ccncc3n2Cc2ccccc2C)cc1. The maximum Gasteiger partial charge on any atom is 0.251 e. The van der Waals surface area contributed by atoms with Gasteiger partial charge in [-0.15, -0.1) is 0 Å². The number of aromatic nitrogens is 3. The first kappa shape index (κ1) is 24.6. The van der Waals surface area contributed by atoms with Gasteiger partial charge in [-0.1, -0.05) is 66.4 Å². The number of hydrogen-bond acceptors (Lipinski definition) is 5. The molecule has 0 radical (unpaired) electrons. The molecule has 0 aliphatic heterocycles. The predicted octanol–water partition coefficient (Wildman–Crippen LogP) is 6.02. The lowest BCUT2D eigenvalue weighted by Crippen LogP contribution is -2.23. The number of para-hydroxylation sites is 1. The summed E-state index contributed by atoms with van der Waals surface area (Å²) in [6.07, 6.45) is 3.66. The van der Waals surface area contributed by atoms with E-state index in [0.29, 0.717) is 12.1 Å². The van der Waals surface area contributed by atoms with E-state index in [9.17, 15) is 4.79 Å². The average Bonchev–Trinajstić information content (AvgIpc) is 3.29. The van der Waals surface area contributed by atoms with Crippen LogP contribution in [0.25, 0.3) is 11.0 Å². The normalized spacial score (nSPS) is 11.0. The number of hydrogen-bond donors (Lipinski definition) is 1. The van der Waals surface area contributed by atoms with E-state index in [0.717, 1.165) is 45.4 Å². The third-order valence-corrected chi connectivity index (χ3v) is 7.37. The molecule has 0 bridgehead atoms. The molecule has 0 fully saturated rings. The first-order chi connectivity index (χ1) is 18.1. The van der Waals surface area contributed by atoms with Crippen molar-refractivity contribution in [2.45, 2.75) is 30.9 Å². The van der Waals surface area contributed by atoms with E-state index in [2.05, 4.69) is 46.1 Å². The number of thioether (sulfide) groups is 1. The van der Waals surface area contributed by atoms with Crippen molar-refractivity contribution in [1.82, 2.24) is 19.9 Å². The first-order valence-corrected chi connectivity index (χ1v) is 13.1. The molecule has 2 aromatic heterocycles. The van der Waals surface area contributed by atoms with Gasteiger partial charge in [0.05, 0.1) is 30.9 Å². The molecule has 3 aromatic carbocycles. The van der Waals surface area contributed by atoms with Gasteiger partial charge < -0.3 is 14.6 Å². The number of aryl methyl sites for hydroxylation is 1. The fraction of sp³-hybridized carbons (Fsp3) is 0.167. The molecule has 0 saturated carbocycles. The van der Waals surface area contributed by atoms with Gasteiger partial charge in [-0.25, -0.2) is 4.98 Å². The summed E-state index contributed by atoms with van der Waals surface area (Å²) in [7, 11) is 1.63. The summed E-state index contributed by atoms with van der Waals surface area (Å²) in [5.41, 5.74) is 7.17. The molecule has 5 aromatic rings. The number of carbonyl (C=O) groups is 1. The molecule has 0 unspecified atom stereocenters. The maximum atomic E-state index is 12.7. The third-order valence-electron chi connectivity index (χ3n) is 6.32. The summed E-state index contributed by atoms with van der Waals surface area (Å²) in [6, 6.07) is 25.8. The molecule has 0 saturated heterocycles. The summed E-state index contributed by atoms with van der Waals surface area (Å²) >= 11 is 1.69. The molecule has 0 aliphatic rings. The molecular formula is C30H28N4O2S. The first-order valence-electron chi connectivity index (χ1n) is 12.1. The van der Waals surface area contributed by atoms with E-state index in [4.69, 9.17) is 9.72 Å². The Morgan fingerprint density at radius 1 is 0.973 bits per heavy atom. The van der Waals surface area contributed by atoms with E-state index >= 15 is 0 Å². The van der Waals surface area contributed by atoms with E-state index < -0.39 is 0 Å². The maximum absolute atomic E-state index is 12.7. The highest BCUT2D eigenvalue weighted by molar-refractivity contribution is 7.98. The molecule has 1 N–H and O–H groups in total. The van der Waals surface area contributed by atoms with Crippen molar-refractivity contribution in [1.29, 1.82) is 0 Å². The molecule has 1 amide bonds. The van der Waals surface area contributed by atoms with Crippen LogP contribution >= 0.6 is 11.8 Å². The zero-order valence-electron chi connectivity index (χ0n) is 20.8. The minimum atomic E-state index is -0.113. The van der Waals surface area contributed by atoms with Gasteiger partial charge in [0.25, 0.3) is 5.91 Å². The molecule has 186 valence electrons. The van der Waals surface area contributed by atoms with Crippen LogP contribution in [0, 0.1) is 6.92 Å². The van der Waals surface area contributed by atoms with Crippen LogP contribution in [0.2, 0.25) is 0 Å². The molecular weight excluding hydrogens is 480 g/mol. The summed E-state index contributed by atoms with van der Waals surface area (Å²) in [6.45, 7) is 3.28. The monoisotopic (exact) mass is 508 g/mol. The number of amides is 1. The Balaban J connectivity index is 1.26. The zero-order valence-corrected chi connectivity index (χ0v) is 21.7. The second-order valence-corrected chi connectivity index (χ2v) is 9.69. The Morgan fingerprint density at radius 2 is 1.73 bits per heavy atom. The summed E-state index contributed by atoms with van der Waals surface area (Å²) in [5.74, 6) is 1.39. The van der Waals surface area contributed by atoms with Crippen molar-refractivity contribution < 1.29 is 9.53 Å². The van der Waals surface area contributed by atoms with Gasteiger partial charge in [-0.3, -0.25) is 9.78 Å². The number of benzene rings is 3. The average molecular weight is 509 g/mol. The van der Waals surface area contributed by atoms with Crippen LogP contribution in [-0.4, -0.2) is 27.6 Å². The second-order valence-electron chi connectivity index (χ2n) is 8.75. The minimum Gasteiger partial charge on any atom is -0.496 e. The topological polar surface area (TPSA) is 69.0 Å². The van der Waals surface area contributed by atoms with Crippen molar-refractivity contribution in [3.05, 3.63) is 119 Å². The van der Waals surface area contributed by atoms with Crippen LogP contribution in [0.5, 0.6) is 5.75 Å². The Hall–Kier alpha value is -4.10. The van der Waals surface area contributed by atoms with E-state index in [1.165, 1.54) is 11.1 Å². The number of rotatable bonds is 9. The molecule has 0 aliphatic carbocycles. The number of ether oxygens (including phenoxy) is 1.